The molecular weight excluding hydrogens is 433 g/mol. The Morgan fingerprint density at radius 2 is 1.60 bits per heavy atom. The molecule has 2 atom stereocenters. The van der Waals surface area contributed by atoms with Gasteiger partial charge in [-0.1, -0.05) is 30.3 Å². The van der Waals surface area contributed by atoms with Gasteiger partial charge in [-0.2, -0.15) is 0 Å². The lowest BCUT2D eigenvalue weighted by Crippen LogP contribution is -2.24. The Balaban J connectivity index is 2.53. The highest BCUT2D eigenvalue weighted by atomic mass is 32.2. The molecule has 0 saturated heterocycles. The molecule has 0 aliphatic carbocycles. The van der Waals surface area contributed by atoms with Crippen molar-refractivity contribution in [2.45, 2.75) is 17.7 Å². The quantitative estimate of drug-likeness (QED) is 0.208. The van der Waals surface area contributed by atoms with Crippen molar-refractivity contribution < 1.29 is 38.4 Å². The van der Waals surface area contributed by atoms with Gasteiger partial charge in [-0.15, -0.1) is 0 Å². The van der Waals surface area contributed by atoms with Crippen LogP contribution in [0, 0.1) is 5.92 Å². The summed E-state index contributed by atoms with van der Waals surface area (Å²) < 4.78 is 21.1. The molecule has 0 aliphatic rings. The highest BCUT2D eigenvalue weighted by molar-refractivity contribution is 7.82. The first-order valence-electron chi connectivity index (χ1n) is 8.74. The van der Waals surface area contributed by atoms with Crippen molar-refractivity contribution in [3.8, 4) is 0 Å². The Labute approximate surface area is 175 Å². The van der Waals surface area contributed by atoms with E-state index in [0.29, 0.717) is 5.56 Å². The zero-order valence-corrected chi connectivity index (χ0v) is 17.4. The predicted octanol–water partition coefficient (Wildman–Crippen LogP) is 2.74. The van der Waals surface area contributed by atoms with Crippen molar-refractivity contribution in [3.05, 3.63) is 60.2 Å². The van der Waals surface area contributed by atoms with E-state index in [1.165, 1.54) is 18.2 Å². The fraction of sp³-hybridized carbons (Fsp3) is 0.211. The number of rotatable bonds is 10. The second-order valence-electron chi connectivity index (χ2n) is 6.40. The van der Waals surface area contributed by atoms with Crippen LogP contribution in [0.15, 0.2) is 64.5 Å². The van der Waals surface area contributed by atoms with Gasteiger partial charge in [0.05, 0.1) is 16.5 Å². The predicted molar refractivity (Wildman–Crippen MR) is 112 cm³/mol. The fourth-order valence-corrected chi connectivity index (χ4v) is 5.18. The Bertz CT molecular complexity index is 964. The molecule has 0 radical (unpaired) electrons. The number of carboxylic acid groups (broad SMARTS) is 2. The number of hydrogen-bond acceptors (Lipinski definition) is 6. The van der Waals surface area contributed by atoms with Crippen LogP contribution in [0.1, 0.15) is 18.4 Å². The highest BCUT2D eigenvalue weighted by Gasteiger charge is 2.46. The number of benzene rings is 2. The molecule has 0 saturated carbocycles. The average molecular weight is 454 g/mol. The summed E-state index contributed by atoms with van der Waals surface area (Å²) in [5, 5.41) is 18.2. The summed E-state index contributed by atoms with van der Waals surface area (Å²) in [6.07, 6.45) is -1.35. The number of aliphatic carboxylic acids is 2. The van der Waals surface area contributed by atoms with Gasteiger partial charge in [0.25, 0.3) is 0 Å². The van der Waals surface area contributed by atoms with Crippen LogP contribution in [0.25, 0.3) is 0 Å². The molecule has 2 unspecified atom stereocenters. The van der Waals surface area contributed by atoms with E-state index in [-0.39, 0.29) is 22.5 Å². The van der Waals surface area contributed by atoms with Gasteiger partial charge in [-0.3, -0.25) is 9.59 Å². The van der Waals surface area contributed by atoms with Crippen LogP contribution >= 0.6 is 7.72 Å². The molecule has 0 heterocycles. The zero-order valence-electron chi connectivity index (χ0n) is 15.7. The van der Waals surface area contributed by atoms with Gasteiger partial charge < -0.3 is 14.8 Å². The molecule has 0 aromatic heterocycles. The molecule has 0 amide bonds. The first-order chi connectivity index (χ1) is 14.1. The van der Waals surface area contributed by atoms with Crippen LogP contribution < -0.4 is 0 Å². The standard InChI is InChI=1S/C19H20NO8PS/c21-17(22)11-10-14(19(23)24)12-29(25,26)18(13-6-2-1-3-7-13)20-15-8-4-5-9-16(15)30(27)28/h1-9,14,25-26H,10-12H2,(H2-,21,22,23,24,27,28)/p+1. The Kier molecular flexibility index (Phi) is 8.33. The summed E-state index contributed by atoms with van der Waals surface area (Å²) in [5.41, 5.74) is 0.112. The van der Waals surface area contributed by atoms with E-state index >= 15 is 0 Å². The lowest BCUT2D eigenvalue weighted by atomic mass is 10.1. The van der Waals surface area contributed by atoms with Crippen molar-refractivity contribution in [3.63, 3.8) is 0 Å². The van der Waals surface area contributed by atoms with Crippen molar-refractivity contribution in [2.75, 3.05) is 6.16 Å². The minimum absolute atomic E-state index is 0.0297. The van der Waals surface area contributed by atoms with Gasteiger partial charge in [0.2, 0.25) is 5.45 Å². The fourth-order valence-electron chi connectivity index (χ4n) is 2.73. The topological polar surface area (TPSA) is 165 Å². The molecule has 2 aromatic rings. The van der Waals surface area contributed by atoms with E-state index < -0.39 is 49.2 Å². The minimum Gasteiger partial charge on any atom is -0.481 e. The first kappa shape index (κ1) is 23.8. The monoisotopic (exact) mass is 454 g/mol. The van der Waals surface area contributed by atoms with Crippen LogP contribution in [0.5, 0.6) is 0 Å². The summed E-state index contributed by atoms with van der Waals surface area (Å²) in [7, 11) is -4.16. The van der Waals surface area contributed by atoms with Crippen molar-refractivity contribution >= 4 is 41.9 Å². The number of carbonyl (C=O) groups is 2. The Morgan fingerprint density at radius 1 is 1.00 bits per heavy atom. The average Bonchev–Trinajstić information content (AvgIpc) is 2.69. The molecule has 0 bridgehead atoms. The van der Waals surface area contributed by atoms with Crippen LogP contribution in [0.2, 0.25) is 0 Å². The van der Waals surface area contributed by atoms with Gasteiger partial charge >= 0.3 is 19.7 Å². The maximum absolute atomic E-state index is 11.6. The molecule has 9 nitrogen and oxygen atoms in total. The summed E-state index contributed by atoms with van der Waals surface area (Å²) in [6.45, 7) is 0. The molecule has 0 aliphatic heterocycles. The van der Waals surface area contributed by atoms with Crippen LogP contribution in [0.4, 0.5) is 5.69 Å². The molecule has 2 aromatic carbocycles. The van der Waals surface area contributed by atoms with Gasteiger partial charge in [0.1, 0.15) is 6.16 Å². The Hall–Kier alpha value is -2.49. The second-order valence-corrected chi connectivity index (χ2v) is 9.59. The normalized spacial score (nSPS) is 14.2. The van der Waals surface area contributed by atoms with E-state index in [1.807, 2.05) is 0 Å². The smallest absolute Gasteiger partial charge is 0.320 e. The van der Waals surface area contributed by atoms with Crippen molar-refractivity contribution in [1.82, 2.24) is 0 Å². The molecule has 5 N–H and O–H groups in total. The van der Waals surface area contributed by atoms with Crippen LogP contribution in [-0.4, -0.2) is 52.3 Å². The first-order valence-corrected chi connectivity index (χ1v) is 11.7. The lowest BCUT2D eigenvalue weighted by molar-refractivity contribution is -0.142. The molecule has 2 rings (SSSR count). The largest absolute Gasteiger partial charge is 0.481 e. The summed E-state index contributed by atoms with van der Waals surface area (Å²) in [6, 6.07) is 13.9. The maximum Gasteiger partial charge on any atom is 0.320 e. The number of aliphatic imine (C=N–C) groups is 1. The Morgan fingerprint density at radius 3 is 2.17 bits per heavy atom. The SMILES string of the molecule is O=C(O)CCC(C[P+](O)(O)C(=Nc1ccccc1S(=O)O)c1ccccc1)C(=O)O. The second kappa shape index (κ2) is 10.5. The molecule has 160 valence electrons. The van der Waals surface area contributed by atoms with E-state index in [4.69, 9.17) is 5.11 Å². The summed E-state index contributed by atoms with van der Waals surface area (Å²) in [4.78, 5) is 48.3. The van der Waals surface area contributed by atoms with Crippen LogP contribution in [0.3, 0.4) is 0 Å². The number of hydrogen-bond donors (Lipinski definition) is 5. The maximum atomic E-state index is 11.6. The van der Waals surface area contributed by atoms with Crippen molar-refractivity contribution in [2.24, 2.45) is 10.9 Å². The minimum atomic E-state index is -4.16. The lowest BCUT2D eigenvalue weighted by Gasteiger charge is -2.18. The summed E-state index contributed by atoms with van der Waals surface area (Å²) in [5.74, 6) is -3.87. The highest BCUT2D eigenvalue weighted by Crippen LogP contribution is 2.56. The molecule has 0 fully saturated rings. The summed E-state index contributed by atoms with van der Waals surface area (Å²) >= 11 is -2.38. The molecule has 30 heavy (non-hydrogen) atoms. The van der Waals surface area contributed by atoms with E-state index in [1.54, 1.807) is 36.4 Å². The van der Waals surface area contributed by atoms with Gasteiger partial charge in [-0.05, 0) is 30.7 Å². The molecule has 0 spiro atoms. The number of nitrogens with zero attached hydrogens (tertiary/aromatic N) is 1. The van der Waals surface area contributed by atoms with Gasteiger partial charge in [0.15, 0.2) is 11.1 Å². The van der Waals surface area contributed by atoms with Gasteiger partial charge in [0, 0.05) is 12.0 Å². The van der Waals surface area contributed by atoms with Gasteiger partial charge in [-0.25, -0.2) is 19.0 Å². The number of carboxylic acids is 2. The third-order valence-electron chi connectivity index (χ3n) is 4.18. The van der Waals surface area contributed by atoms with E-state index in [2.05, 4.69) is 4.99 Å². The number of para-hydroxylation sites is 1. The van der Waals surface area contributed by atoms with Crippen molar-refractivity contribution in [1.29, 1.82) is 0 Å². The van der Waals surface area contributed by atoms with Crippen LogP contribution in [-0.2, 0) is 20.7 Å². The third kappa shape index (κ3) is 6.51. The molecule has 11 heteroatoms. The van der Waals surface area contributed by atoms with E-state index in [0.717, 1.165) is 0 Å². The third-order valence-corrected chi connectivity index (χ3v) is 6.89. The molecular formula is C19H21NO8PS+. The zero-order chi connectivity index (χ0) is 22.3. The van der Waals surface area contributed by atoms with E-state index in [9.17, 15) is 33.2 Å².